The van der Waals surface area contributed by atoms with Crippen molar-refractivity contribution >= 4 is 5.78 Å². The Hall–Kier alpha value is -1.35. The van der Waals surface area contributed by atoms with Crippen molar-refractivity contribution in [2.75, 3.05) is 0 Å². The summed E-state index contributed by atoms with van der Waals surface area (Å²) in [4.78, 5) is 11.8. The number of hydrogen-bond acceptors (Lipinski definition) is 3. The van der Waals surface area contributed by atoms with Crippen LogP contribution in [-0.2, 0) is 10.4 Å². The molecule has 0 aliphatic heterocycles. The van der Waals surface area contributed by atoms with Gasteiger partial charge in [-0.15, -0.1) is 0 Å². The van der Waals surface area contributed by atoms with Crippen LogP contribution in [0.15, 0.2) is 34.7 Å². The summed E-state index contributed by atoms with van der Waals surface area (Å²) >= 11 is 0. The molecule has 25 heavy (non-hydrogen) atoms. The van der Waals surface area contributed by atoms with Crippen molar-refractivity contribution < 1.29 is 14.3 Å². The fraction of sp³-hybridized carbons (Fsp3) is 0.682. The van der Waals surface area contributed by atoms with Gasteiger partial charge in [0.1, 0.15) is 0 Å². The first kappa shape index (κ1) is 15.9. The van der Waals surface area contributed by atoms with Gasteiger partial charge in [-0.25, -0.2) is 0 Å². The average Bonchev–Trinajstić information content (AvgIpc) is 3.22. The predicted molar refractivity (Wildman–Crippen MR) is 94.7 cm³/mol. The summed E-state index contributed by atoms with van der Waals surface area (Å²) < 4.78 is 5.30. The molecule has 4 aliphatic rings. The minimum absolute atomic E-state index is 0.0518. The molecule has 5 rings (SSSR count). The summed E-state index contributed by atoms with van der Waals surface area (Å²) in [5, 5.41) is 11.6. The Balaban J connectivity index is 1.48. The Morgan fingerprint density at radius 1 is 1.12 bits per heavy atom. The molecule has 0 amide bonds. The first-order valence-corrected chi connectivity index (χ1v) is 10.0. The molecule has 3 heteroatoms. The quantitative estimate of drug-likeness (QED) is 0.812. The van der Waals surface area contributed by atoms with Gasteiger partial charge in [0.2, 0.25) is 0 Å². The number of carbonyl (C=O) groups is 1. The van der Waals surface area contributed by atoms with Gasteiger partial charge in [-0.2, -0.15) is 0 Å². The van der Waals surface area contributed by atoms with Crippen LogP contribution in [0, 0.1) is 29.1 Å². The molecule has 4 aliphatic carbocycles. The number of fused-ring (bicyclic) bond motifs is 5. The molecular weight excluding hydrogens is 312 g/mol. The molecule has 1 heterocycles. The Morgan fingerprint density at radius 3 is 2.80 bits per heavy atom. The first-order valence-electron chi connectivity index (χ1n) is 10.0. The third-order valence-electron chi connectivity index (χ3n) is 8.45. The smallest absolute Gasteiger partial charge is 0.155 e. The Kier molecular flexibility index (Phi) is 3.38. The number of furan rings is 1. The van der Waals surface area contributed by atoms with E-state index in [2.05, 4.69) is 6.92 Å². The van der Waals surface area contributed by atoms with Crippen LogP contribution in [-0.4, -0.2) is 10.9 Å². The molecule has 0 radical (unpaired) electrons. The molecule has 1 aromatic rings. The fourth-order valence-electron chi connectivity index (χ4n) is 7.17. The lowest BCUT2D eigenvalue weighted by Crippen LogP contribution is -2.51. The molecule has 3 nitrogen and oxygen atoms in total. The minimum Gasteiger partial charge on any atom is -0.472 e. The van der Waals surface area contributed by atoms with Crippen molar-refractivity contribution in [2.24, 2.45) is 29.1 Å². The molecule has 134 valence electrons. The number of rotatable bonds is 1. The molecule has 1 N–H and O–H groups in total. The lowest BCUT2D eigenvalue weighted by atomic mass is 9.50. The van der Waals surface area contributed by atoms with Crippen LogP contribution in [0.4, 0.5) is 0 Å². The molecule has 0 spiro atoms. The Labute approximate surface area is 149 Å². The first-order chi connectivity index (χ1) is 12.0. The molecule has 0 bridgehead atoms. The van der Waals surface area contributed by atoms with Crippen molar-refractivity contribution in [3.05, 3.63) is 35.8 Å². The zero-order valence-electron chi connectivity index (χ0n) is 15.0. The number of allylic oxidation sites excluding steroid dienone is 1. The van der Waals surface area contributed by atoms with Crippen LogP contribution in [0.5, 0.6) is 0 Å². The third-order valence-corrected chi connectivity index (χ3v) is 8.45. The fourth-order valence-corrected chi connectivity index (χ4v) is 7.17. The Morgan fingerprint density at radius 2 is 2.00 bits per heavy atom. The van der Waals surface area contributed by atoms with E-state index in [0.29, 0.717) is 23.5 Å². The van der Waals surface area contributed by atoms with Crippen molar-refractivity contribution in [1.82, 2.24) is 0 Å². The highest BCUT2D eigenvalue weighted by Crippen LogP contribution is 2.67. The SMILES string of the molecule is C[C@]12CC[C@H]3[C@H](CCC4=CC(=O)CC[C@H]43)[C@@H]1CC[C@]2(O)c1ccoc1. The molecule has 6 atom stereocenters. The standard InChI is InChI=1S/C22H28O3/c1-21-9-6-18-17-5-3-16(23)12-14(17)2-4-19(18)20(21)7-10-22(21,24)15-8-11-25-13-15/h8,11-13,17-20,24H,2-7,9-10H2,1H3/t17-,18-,19+,20+,21+,22+/m1/s1. The van der Waals surface area contributed by atoms with Gasteiger partial charge in [0.05, 0.1) is 18.1 Å². The predicted octanol–water partition coefficient (Wildman–Crippen LogP) is 4.61. The highest BCUT2D eigenvalue weighted by atomic mass is 16.3. The van der Waals surface area contributed by atoms with Crippen LogP contribution in [0.3, 0.4) is 0 Å². The van der Waals surface area contributed by atoms with E-state index in [4.69, 9.17) is 4.42 Å². The molecule has 3 fully saturated rings. The Bertz CT molecular complexity index is 718. The van der Waals surface area contributed by atoms with Gasteiger partial charge >= 0.3 is 0 Å². The van der Waals surface area contributed by atoms with Crippen molar-refractivity contribution in [2.45, 2.75) is 63.9 Å². The van der Waals surface area contributed by atoms with E-state index in [0.717, 1.165) is 50.0 Å². The number of carbonyl (C=O) groups excluding carboxylic acids is 1. The summed E-state index contributed by atoms with van der Waals surface area (Å²) in [7, 11) is 0. The van der Waals surface area contributed by atoms with Crippen LogP contribution in [0.1, 0.15) is 63.9 Å². The summed E-state index contributed by atoms with van der Waals surface area (Å²) in [5.41, 5.74) is 1.61. The van der Waals surface area contributed by atoms with Gasteiger partial charge in [-0.3, -0.25) is 4.79 Å². The maximum absolute atomic E-state index is 11.8. The lowest BCUT2D eigenvalue weighted by molar-refractivity contribution is -0.125. The summed E-state index contributed by atoms with van der Waals surface area (Å²) in [6.45, 7) is 2.32. The second-order valence-electron chi connectivity index (χ2n) is 9.17. The van der Waals surface area contributed by atoms with Crippen molar-refractivity contribution in [3.63, 3.8) is 0 Å². The topological polar surface area (TPSA) is 50.4 Å². The van der Waals surface area contributed by atoms with E-state index in [1.807, 2.05) is 12.1 Å². The van der Waals surface area contributed by atoms with Gasteiger partial charge in [0.15, 0.2) is 5.78 Å². The van der Waals surface area contributed by atoms with E-state index < -0.39 is 5.60 Å². The van der Waals surface area contributed by atoms with Crippen LogP contribution >= 0.6 is 0 Å². The normalized spacial score (nSPS) is 46.2. The van der Waals surface area contributed by atoms with Gasteiger partial charge in [-0.05, 0) is 80.8 Å². The highest BCUT2D eigenvalue weighted by molar-refractivity contribution is 5.91. The second kappa shape index (κ2) is 5.33. The van der Waals surface area contributed by atoms with E-state index in [9.17, 15) is 9.90 Å². The van der Waals surface area contributed by atoms with Gasteiger partial charge in [0, 0.05) is 17.4 Å². The maximum Gasteiger partial charge on any atom is 0.155 e. The molecule has 0 saturated heterocycles. The maximum atomic E-state index is 11.8. The van der Waals surface area contributed by atoms with Crippen molar-refractivity contribution in [3.8, 4) is 0 Å². The average molecular weight is 340 g/mol. The molecule has 1 aromatic heterocycles. The summed E-state index contributed by atoms with van der Waals surface area (Å²) in [6.07, 6.45) is 13.7. The molecular formula is C22H28O3. The largest absolute Gasteiger partial charge is 0.472 e. The lowest BCUT2D eigenvalue weighted by Gasteiger charge is -2.55. The zero-order chi connectivity index (χ0) is 17.2. The molecule has 3 saturated carbocycles. The minimum atomic E-state index is -0.742. The van der Waals surface area contributed by atoms with Gasteiger partial charge in [-0.1, -0.05) is 12.5 Å². The molecule has 0 aromatic carbocycles. The second-order valence-corrected chi connectivity index (χ2v) is 9.17. The number of ketones is 1. The number of aliphatic hydroxyl groups is 1. The molecule has 0 unspecified atom stereocenters. The van der Waals surface area contributed by atoms with Crippen LogP contribution in [0.2, 0.25) is 0 Å². The van der Waals surface area contributed by atoms with E-state index in [1.165, 1.54) is 18.4 Å². The summed E-state index contributed by atoms with van der Waals surface area (Å²) in [6, 6.07) is 1.95. The monoisotopic (exact) mass is 340 g/mol. The van der Waals surface area contributed by atoms with Gasteiger partial charge < -0.3 is 9.52 Å². The summed E-state index contributed by atoms with van der Waals surface area (Å²) in [5.74, 6) is 2.97. The zero-order valence-corrected chi connectivity index (χ0v) is 15.0. The third kappa shape index (κ3) is 2.05. The van der Waals surface area contributed by atoms with Crippen LogP contribution in [0.25, 0.3) is 0 Å². The number of hydrogen-bond donors (Lipinski definition) is 1. The van der Waals surface area contributed by atoms with E-state index in [-0.39, 0.29) is 5.41 Å². The van der Waals surface area contributed by atoms with E-state index in [1.54, 1.807) is 12.5 Å². The van der Waals surface area contributed by atoms with Crippen LogP contribution < -0.4 is 0 Å². The highest BCUT2D eigenvalue weighted by Gasteiger charge is 2.63. The van der Waals surface area contributed by atoms with Crippen molar-refractivity contribution in [1.29, 1.82) is 0 Å². The van der Waals surface area contributed by atoms with E-state index >= 15 is 0 Å². The van der Waals surface area contributed by atoms with Gasteiger partial charge in [0.25, 0.3) is 0 Å².